The molecule has 10 fully saturated rings. The summed E-state index contributed by atoms with van der Waals surface area (Å²) in [5.41, 5.74) is 0.205. The third-order valence-electron chi connectivity index (χ3n) is 19.6. The predicted molar refractivity (Wildman–Crippen MR) is 236 cm³/mol. The first kappa shape index (κ1) is 52.6. The summed E-state index contributed by atoms with van der Waals surface area (Å²) < 4.78 is 62.0. The van der Waals surface area contributed by atoms with E-state index in [1.165, 1.54) is 0 Å². The first-order chi connectivity index (χ1) is 33.3. The number of hydrogen-bond donors (Lipinski definition) is 11. The van der Waals surface area contributed by atoms with Crippen LogP contribution in [0.3, 0.4) is 0 Å². The molecule has 0 aromatic heterocycles. The van der Waals surface area contributed by atoms with Crippen molar-refractivity contribution in [1.82, 2.24) is 0 Å². The summed E-state index contributed by atoms with van der Waals surface area (Å²) in [5, 5.41) is 118. The van der Waals surface area contributed by atoms with Gasteiger partial charge in [0, 0.05) is 12.3 Å². The zero-order valence-electron chi connectivity index (χ0n) is 40.7. The average molecular weight is 1010 g/mol. The van der Waals surface area contributed by atoms with Gasteiger partial charge in [0.25, 0.3) is 0 Å². The van der Waals surface area contributed by atoms with Crippen LogP contribution in [0.5, 0.6) is 0 Å². The van der Waals surface area contributed by atoms with Crippen LogP contribution in [-0.2, 0) is 47.4 Å². The van der Waals surface area contributed by atoms with Crippen molar-refractivity contribution in [3.63, 3.8) is 0 Å². The highest BCUT2D eigenvalue weighted by atomic mass is 16.8. The van der Waals surface area contributed by atoms with Crippen LogP contribution in [0.4, 0.5) is 0 Å². The van der Waals surface area contributed by atoms with Gasteiger partial charge in [0.1, 0.15) is 85.5 Å². The Labute approximate surface area is 408 Å². The van der Waals surface area contributed by atoms with E-state index in [1.807, 2.05) is 0 Å². The maximum absolute atomic E-state index is 12.4. The molecule has 4 saturated carbocycles. The minimum Gasteiger partial charge on any atom is -0.394 e. The van der Waals surface area contributed by atoms with Crippen LogP contribution >= 0.6 is 0 Å². The maximum Gasteiger partial charge on any atom is 0.187 e. The number of aliphatic hydroxyl groups is 11. The van der Waals surface area contributed by atoms with Crippen LogP contribution in [-0.4, -0.2) is 218 Å². The van der Waals surface area contributed by atoms with E-state index in [2.05, 4.69) is 27.7 Å². The van der Waals surface area contributed by atoms with Crippen molar-refractivity contribution in [2.45, 2.75) is 221 Å². The first-order valence-corrected chi connectivity index (χ1v) is 26.1. The molecule has 0 bridgehead atoms. The van der Waals surface area contributed by atoms with Gasteiger partial charge in [-0.15, -0.1) is 0 Å². The monoisotopic (exact) mass is 1000 g/mol. The molecule has 1 spiro atoms. The Balaban J connectivity index is 0.877. The Morgan fingerprint density at radius 2 is 1.21 bits per heavy atom. The maximum atomic E-state index is 12.4. The van der Waals surface area contributed by atoms with Crippen LogP contribution in [0.1, 0.15) is 91.9 Å². The van der Waals surface area contributed by atoms with E-state index in [-0.39, 0.29) is 23.5 Å². The highest BCUT2D eigenvalue weighted by Gasteiger charge is 2.69. The fraction of sp³-hybridized carbons (Fsp3) is 1.00. The summed E-state index contributed by atoms with van der Waals surface area (Å²) >= 11 is 0. The zero-order chi connectivity index (χ0) is 49.8. The highest BCUT2D eigenvalue weighted by Crippen LogP contribution is 2.71. The Morgan fingerprint density at radius 3 is 1.91 bits per heavy atom. The van der Waals surface area contributed by atoms with E-state index in [0.29, 0.717) is 54.3 Å². The quantitative estimate of drug-likeness (QED) is 0.110. The van der Waals surface area contributed by atoms with Crippen LogP contribution < -0.4 is 0 Å². The molecule has 6 saturated heterocycles. The Bertz CT molecular complexity index is 1770. The van der Waals surface area contributed by atoms with Crippen molar-refractivity contribution in [3.05, 3.63) is 0 Å². The second-order valence-electron chi connectivity index (χ2n) is 23.5. The molecule has 11 N–H and O–H groups in total. The van der Waals surface area contributed by atoms with Gasteiger partial charge in [-0.05, 0) is 104 Å². The van der Waals surface area contributed by atoms with E-state index >= 15 is 0 Å². The smallest absolute Gasteiger partial charge is 0.187 e. The van der Waals surface area contributed by atoms with Crippen LogP contribution in [0.2, 0.25) is 0 Å². The van der Waals surface area contributed by atoms with E-state index in [4.69, 9.17) is 47.4 Å². The molecule has 6 aliphatic heterocycles. The summed E-state index contributed by atoms with van der Waals surface area (Å²) in [7, 11) is 0. The lowest BCUT2D eigenvalue weighted by molar-refractivity contribution is -0.391. The molecule has 10 aliphatic rings. The second-order valence-corrected chi connectivity index (χ2v) is 23.5. The number of rotatable bonds is 10. The number of aliphatic hydroxyl groups excluding tert-OH is 11. The van der Waals surface area contributed by atoms with Crippen molar-refractivity contribution in [2.75, 3.05) is 33.0 Å². The number of fused-ring (bicyclic) bond motifs is 7. The SMILES string of the molecule is C[C@H]1CC[C@@]2(OC1)O[C@H]1C[C@H]3[C@@H]4CC[C@@H]5C[C@@H](O[C@@H]6O[C@H](CO[C@@H]7OC[C@H](O)[C@H](O)[C@H]7O)[C@@H](O[C@@H]7OC[C@H](O)[C@H](O)[C@H]7O)[C@H](O)[C@H]6O[C@@H]6O[C@H](CO)[C@@H](O)[C@H](O)[C@H]6O)CC[C@]5(C)[C@H]4CC[C@]3(C)[C@H]1[C@@H]2C. The molecule has 21 nitrogen and oxygen atoms in total. The average Bonchev–Trinajstić information content (AvgIpc) is 3.79. The summed E-state index contributed by atoms with van der Waals surface area (Å²) in [6.45, 7) is 8.28. The van der Waals surface area contributed by atoms with Gasteiger partial charge in [0.2, 0.25) is 0 Å². The topological polar surface area (TPSA) is 315 Å². The highest BCUT2D eigenvalue weighted by molar-refractivity contribution is 5.15. The summed E-state index contributed by atoms with van der Waals surface area (Å²) in [6, 6.07) is 0. The first-order valence-electron chi connectivity index (χ1n) is 26.1. The third-order valence-corrected chi connectivity index (χ3v) is 19.6. The summed E-state index contributed by atoms with van der Waals surface area (Å²) in [6.07, 6.45) is -19.6. The molecular formula is C49H80O21. The van der Waals surface area contributed by atoms with Gasteiger partial charge in [-0.2, -0.15) is 0 Å². The molecule has 6 heterocycles. The van der Waals surface area contributed by atoms with Crippen molar-refractivity contribution in [1.29, 1.82) is 0 Å². The molecular weight excluding hydrogens is 925 g/mol. The van der Waals surface area contributed by atoms with Gasteiger partial charge in [0.05, 0.1) is 45.2 Å². The molecule has 70 heavy (non-hydrogen) atoms. The number of hydrogen-bond acceptors (Lipinski definition) is 21. The summed E-state index contributed by atoms with van der Waals surface area (Å²) in [5.74, 6) is 2.82. The van der Waals surface area contributed by atoms with Gasteiger partial charge in [-0.3, -0.25) is 0 Å². The van der Waals surface area contributed by atoms with E-state index in [0.717, 1.165) is 58.0 Å². The molecule has 0 amide bonds. The van der Waals surface area contributed by atoms with Gasteiger partial charge in [-0.1, -0.05) is 27.7 Å². The van der Waals surface area contributed by atoms with Gasteiger partial charge >= 0.3 is 0 Å². The van der Waals surface area contributed by atoms with E-state index in [9.17, 15) is 56.2 Å². The fourth-order valence-electron chi connectivity index (χ4n) is 15.5. The van der Waals surface area contributed by atoms with Crippen LogP contribution in [0, 0.1) is 52.3 Å². The van der Waals surface area contributed by atoms with Crippen molar-refractivity contribution >= 4 is 0 Å². The molecule has 0 aromatic rings. The third kappa shape index (κ3) is 9.06. The predicted octanol–water partition coefficient (Wildman–Crippen LogP) is -1.63. The molecule has 10 rings (SSSR count). The van der Waals surface area contributed by atoms with E-state index in [1.54, 1.807) is 0 Å². The normalized spacial score (nSPS) is 58.1. The van der Waals surface area contributed by atoms with Gasteiger partial charge in [0.15, 0.2) is 30.9 Å². The second kappa shape index (κ2) is 20.3. The Hall–Kier alpha value is -0.840. The van der Waals surface area contributed by atoms with Gasteiger partial charge in [-0.25, -0.2) is 0 Å². The molecule has 30 atom stereocenters. The molecule has 0 unspecified atom stereocenters. The molecule has 402 valence electrons. The largest absolute Gasteiger partial charge is 0.394 e. The minimum atomic E-state index is -1.87. The van der Waals surface area contributed by atoms with Gasteiger partial charge < -0.3 is 104 Å². The lowest BCUT2D eigenvalue weighted by Gasteiger charge is -2.61. The minimum absolute atomic E-state index is 0.0323. The standard InChI is InChI=1S/C49H80O21/c1-20-7-12-49(64-16-20)21(2)32-29(70-49)14-26-24-6-5-22-13-23(8-10-47(22,3)25(24)9-11-48(26,32)4)65-46-42(69-45-39(59)36(56)35(55)30(15-50)66-45)40(60)41(68-44-38(58)34(54)28(52)18-62-44)31(67-46)19-63-43-37(57)33(53)27(51)17-61-43/h20-46,50-60H,5-19H2,1-4H3/t20-,21-,22+,23-,24+,25-,26-,27-,28-,29-,30+,31+,32-,33-,34-,35+,36-,37+,38+,39+,40-,41+,42+,43-,44-,45-,46+,47-,48-,49+/m0/s1. The van der Waals surface area contributed by atoms with E-state index < -0.39 is 142 Å². The van der Waals surface area contributed by atoms with Crippen molar-refractivity contribution in [3.8, 4) is 0 Å². The fourth-order valence-corrected chi connectivity index (χ4v) is 15.5. The lowest BCUT2D eigenvalue weighted by Crippen LogP contribution is -2.67. The lowest BCUT2D eigenvalue weighted by atomic mass is 9.44. The molecule has 21 heteroatoms. The van der Waals surface area contributed by atoms with Crippen molar-refractivity contribution in [2.24, 2.45) is 52.3 Å². The van der Waals surface area contributed by atoms with Crippen molar-refractivity contribution < 1.29 is 104 Å². The number of ether oxygens (including phenoxy) is 10. The summed E-state index contributed by atoms with van der Waals surface area (Å²) in [4.78, 5) is 0. The Morgan fingerprint density at radius 1 is 0.557 bits per heavy atom. The molecule has 0 radical (unpaired) electrons. The zero-order valence-corrected chi connectivity index (χ0v) is 40.7. The van der Waals surface area contributed by atoms with Crippen LogP contribution in [0.15, 0.2) is 0 Å². The molecule has 4 aliphatic carbocycles. The Kier molecular flexibility index (Phi) is 15.2. The van der Waals surface area contributed by atoms with Crippen LogP contribution in [0.25, 0.3) is 0 Å². The molecule has 0 aromatic carbocycles.